The number of benzene rings is 1. The number of aromatic nitrogens is 2. The Labute approximate surface area is 226 Å². The van der Waals surface area contributed by atoms with Crippen molar-refractivity contribution >= 4 is 33.3 Å². The van der Waals surface area contributed by atoms with E-state index in [1.807, 2.05) is 11.3 Å². The SMILES string of the molecule is CC1CCc2c(sc3nc(Cc4ccccc4)nc(N4CCN(C(=O)CC(C)CC(C)(C)C)CC4)c23)C1. The molecule has 2 aliphatic rings. The van der Waals surface area contributed by atoms with Gasteiger partial charge < -0.3 is 9.80 Å². The molecule has 198 valence electrons. The first-order valence-electron chi connectivity index (χ1n) is 14.0. The minimum atomic E-state index is 0.256. The number of carbonyl (C=O) groups excluding carboxylic acids is 1. The molecule has 37 heavy (non-hydrogen) atoms. The predicted molar refractivity (Wildman–Crippen MR) is 154 cm³/mol. The Bertz CT molecular complexity index is 1240. The van der Waals surface area contributed by atoms with Gasteiger partial charge in [0.2, 0.25) is 5.91 Å². The highest BCUT2D eigenvalue weighted by atomic mass is 32.1. The number of carbonyl (C=O) groups is 1. The second-order valence-electron chi connectivity index (χ2n) is 12.6. The minimum absolute atomic E-state index is 0.256. The van der Waals surface area contributed by atoms with Gasteiger partial charge in [0.25, 0.3) is 0 Å². The van der Waals surface area contributed by atoms with Crippen molar-refractivity contribution in [3.63, 3.8) is 0 Å². The van der Waals surface area contributed by atoms with Crippen LogP contribution >= 0.6 is 11.3 Å². The Morgan fingerprint density at radius 3 is 2.54 bits per heavy atom. The molecule has 1 aliphatic carbocycles. The number of piperazine rings is 1. The fraction of sp³-hybridized carbons (Fsp3) is 0.581. The monoisotopic (exact) mass is 518 g/mol. The third kappa shape index (κ3) is 6.17. The van der Waals surface area contributed by atoms with E-state index in [-0.39, 0.29) is 5.41 Å². The maximum Gasteiger partial charge on any atom is 0.222 e. The molecule has 5 rings (SSSR count). The summed E-state index contributed by atoms with van der Waals surface area (Å²) in [7, 11) is 0. The molecule has 1 saturated heterocycles. The van der Waals surface area contributed by atoms with Crippen LogP contribution in [0.1, 0.15) is 75.7 Å². The second kappa shape index (κ2) is 10.7. The molecule has 6 heteroatoms. The van der Waals surface area contributed by atoms with Gasteiger partial charge in [0, 0.05) is 43.9 Å². The zero-order chi connectivity index (χ0) is 26.2. The number of thiophene rings is 1. The number of aryl methyl sites for hydroxylation is 1. The van der Waals surface area contributed by atoms with Crippen molar-refractivity contribution in [2.75, 3.05) is 31.1 Å². The summed E-state index contributed by atoms with van der Waals surface area (Å²) in [6, 6.07) is 10.5. The summed E-state index contributed by atoms with van der Waals surface area (Å²) in [4.78, 5) is 30.5. The lowest BCUT2D eigenvalue weighted by Crippen LogP contribution is -2.49. The number of hydrogen-bond acceptors (Lipinski definition) is 5. The first-order valence-corrected chi connectivity index (χ1v) is 14.9. The summed E-state index contributed by atoms with van der Waals surface area (Å²) in [6.45, 7) is 14.5. The smallest absolute Gasteiger partial charge is 0.222 e. The lowest BCUT2D eigenvalue weighted by atomic mass is 9.84. The Balaban J connectivity index is 1.37. The number of nitrogens with zero attached hydrogens (tertiary/aromatic N) is 4. The van der Waals surface area contributed by atoms with Crippen LogP contribution < -0.4 is 4.90 Å². The molecule has 0 spiro atoms. The average molecular weight is 519 g/mol. The summed E-state index contributed by atoms with van der Waals surface area (Å²) < 4.78 is 0. The molecule has 2 unspecified atom stereocenters. The molecule has 3 heterocycles. The zero-order valence-corrected chi connectivity index (χ0v) is 24.0. The predicted octanol–water partition coefficient (Wildman–Crippen LogP) is 6.52. The van der Waals surface area contributed by atoms with Crippen LogP contribution in [0.2, 0.25) is 0 Å². The Morgan fingerprint density at radius 1 is 1.11 bits per heavy atom. The maximum atomic E-state index is 13.1. The highest BCUT2D eigenvalue weighted by molar-refractivity contribution is 7.19. The molecular weight excluding hydrogens is 476 g/mol. The molecule has 0 radical (unpaired) electrons. The zero-order valence-electron chi connectivity index (χ0n) is 23.2. The lowest BCUT2D eigenvalue weighted by molar-refractivity contribution is -0.132. The highest BCUT2D eigenvalue weighted by Crippen LogP contribution is 2.41. The third-order valence-electron chi connectivity index (χ3n) is 7.80. The molecule has 0 bridgehead atoms. The Kier molecular flexibility index (Phi) is 7.58. The molecule has 5 nitrogen and oxygen atoms in total. The molecule has 1 aromatic carbocycles. The van der Waals surface area contributed by atoms with Crippen LogP contribution in [0, 0.1) is 17.3 Å². The highest BCUT2D eigenvalue weighted by Gasteiger charge is 2.29. The molecule has 2 atom stereocenters. The molecule has 1 aliphatic heterocycles. The van der Waals surface area contributed by atoms with E-state index in [1.165, 1.54) is 27.8 Å². The van der Waals surface area contributed by atoms with E-state index >= 15 is 0 Å². The van der Waals surface area contributed by atoms with Gasteiger partial charge in [-0.15, -0.1) is 11.3 Å². The normalized spacial score (nSPS) is 19.2. The summed E-state index contributed by atoms with van der Waals surface area (Å²) >= 11 is 1.88. The molecule has 0 saturated carbocycles. The minimum Gasteiger partial charge on any atom is -0.352 e. The Morgan fingerprint density at radius 2 is 1.84 bits per heavy atom. The topological polar surface area (TPSA) is 49.3 Å². The van der Waals surface area contributed by atoms with Crippen molar-refractivity contribution in [1.82, 2.24) is 14.9 Å². The quantitative estimate of drug-likeness (QED) is 0.373. The van der Waals surface area contributed by atoms with Gasteiger partial charge in [-0.25, -0.2) is 9.97 Å². The number of fused-ring (bicyclic) bond motifs is 3. The summed E-state index contributed by atoms with van der Waals surface area (Å²) in [5.41, 5.74) is 2.97. The Hall–Kier alpha value is -2.47. The fourth-order valence-electron chi connectivity index (χ4n) is 6.16. The molecule has 1 fully saturated rings. The van der Waals surface area contributed by atoms with E-state index < -0.39 is 0 Å². The van der Waals surface area contributed by atoms with Gasteiger partial charge in [-0.1, -0.05) is 65.0 Å². The van der Waals surface area contributed by atoms with E-state index in [2.05, 4.69) is 74.8 Å². The van der Waals surface area contributed by atoms with Crippen LogP contribution in [0.15, 0.2) is 30.3 Å². The van der Waals surface area contributed by atoms with Crippen LogP contribution in [0.25, 0.3) is 10.2 Å². The van der Waals surface area contributed by atoms with Crippen molar-refractivity contribution in [1.29, 1.82) is 0 Å². The van der Waals surface area contributed by atoms with E-state index in [1.54, 1.807) is 0 Å². The maximum absolute atomic E-state index is 13.1. The lowest BCUT2D eigenvalue weighted by Gasteiger charge is -2.36. The van der Waals surface area contributed by atoms with Gasteiger partial charge in [0.05, 0.1) is 5.39 Å². The fourth-order valence-corrected chi connectivity index (χ4v) is 7.56. The molecule has 3 aromatic rings. The van der Waals surface area contributed by atoms with Gasteiger partial charge >= 0.3 is 0 Å². The second-order valence-corrected chi connectivity index (χ2v) is 13.7. The summed E-state index contributed by atoms with van der Waals surface area (Å²) in [5.74, 6) is 3.44. The van der Waals surface area contributed by atoms with E-state index in [4.69, 9.17) is 9.97 Å². The van der Waals surface area contributed by atoms with Crippen LogP contribution in [0.5, 0.6) is 0 Å². The van der Waals surface area contributed by atoms with Gasteiger partial charge in [0.1, 0.15) is 16.5 Å². The first kappa shape index (κ1) is 26.1. The van der Waals surface area contributed by atoms with Crippen molar-refractivity contribution in [3.05, 3.63) is 52.2 Å². The van der Waals surface area contributed by atoms with Crippen molar-refractivity contribution in [2.24, 2.45) is 17.3 Å². The number of anilines is 1. The average Bonchev–Trinajstić information content (AvgIpc) is 3.20. The molecule has 1 amide bonds. The van der Waals surface area contributed by atoms with Gasteiger partial charge in [-0.2, -0.15) is 0 Å². The first-order chi connectivity index (χ1) is 17.7. The van der Waals surface area contributed by atoms with Crippen molar-refractivity contribution in [2.45, 2.75) is 73.1 Å². The van der Waals surface area contributed by atoms with Crippen LogP contribution in [0.4, 0.5) is 5.82 Å². The van der Waals surface area contributed by atoms with Crippen LogP contribution in [-0.4, -0.2) is 47.0 Å². The van der Waals surface area contributed by atoms with Gasteiger partial charge in [-0.05, 0) is 54.1 Å². The molecule has 0 N–H and O–H groups in total. The van der Waals surface area contributed by atoms with E-state index in [0.717, 1.165) is 74.3 Å². The van der Waals surface area contributed by atoms with Crippen molar-refractivity contribution < 1.29 is 4.79 Å². The number of rotatable bonds is 6. The van der Waals surface area contributed by atoms with Crippen molar-refractivity contribution in [3.8, 4) is 0 Å². The third-order valence-corrected chi connectivity index (χ3v) is 8.95. The summed E-state index contributed by atoms with van der Waals surface area (Å²) in [5, 5.41) is 1.28. The molecular formula is C31H42N4OS. The van der Waals surface area contributed by atoms with E-state index in [0.29, 0.717) is 18.2 Å². The van der Waals surface area contributed by atoms with Crippen LogP contribution in [-0.2, 0) is 24.1 Å². The standard InChI is InChI=1S/C31H42N4OS/c1-21-11-12-24-25(17-21)37-30-28(24)29(32-26(33-30)19-23-9-7-6-8-10-23)35-15-13-34(14-16-35)27(36)18-22(2)20-31(3,4)5/h6-10,21-22H,11-20H2,1-5H3. The van der Waals surface area contributed by atoms with E-state index in [9.17, 15) is 4.79 Å². The van der Waals surface area contributed by atoms with Gasteiger partial charge in [0.15, 0.2) is 0 Å². The number of hydrogen-bond donors (Lipinski definition) is 0. The van der Waals surface area contributed by atoms with Crippen LogP contribution in [0.3, 0.4) is 0 Å². The van der Waals surface area contributed by atoms with Gasteiger partial charge in [-0.3, -0.25) is 4.79 Å². The number of amides is 1. The molecule has 2 aromatic heterocycles. The largest absolute Gasteiger partial charge is 0.352 e. The summed E-state index contributed by atoms with van der Waals surface area (Å²) in [6.07, 6.45) is 5.97.